The molecule has 1 N–H and O–H groups in total. The van der Waals surface area contributed by atoms with Crippen LogP contribution in [0, 0.1) is 11.8 Å². The molecule has 118 valence electrons. The Morgan fingerprint density at radius 1 is 1.43 bits per heavy atom. The van der Waals surface area contributed by atoms with Gasteiger partial charge in [-0.2, -0.15) is 5.10 Å². The molecule has 6 heteroatoms. The van der Waals surface area contributed by atoms with Crippen LogP contribution in [0.1, 0.15) is 27.2 Å². The number of rotatable bonds is 4. The summed E-state index contributed by atoms with van der Waals surface area (Å²) in [6.07, 6.45) is 3.02. The minimum absolute atomic E-state index is 0.118. The van der Waals surface area contributed by atoms with Gasteiger partial charge in [-0.05, 0) is 41.1 Å². The molecule has 1 aliphatic rings. The summed E-state index contributed by atoms with van der Waals surface area (Å²) in [6.45, 7) is 10.1. The zero-order valence-electron chi connectivity index (χ0n) is 13.3. The first-order valence-electron chi connectivity index (χ1n) is 7.57. The van der Waals surface area contributed by atoms with Gasteiger partial charge in [0.15, 0.2) is 0 Å². The average molecular weight is 357 g/mol. The Kier molecular flexibility index (Phi) is 5.43. The molecule has 2 rings (SSSR count). The maximum atomic E-state index is 11.8. The van der Waals surface area contributed by atoms with Crippen LogP contribution in [0.4, 0.5) is 5.69 Å². The molecule has 0 radical (unpaired) electrons. The minimum atomic E-state index is -0.118. The van der Waals surface area contributed by atoms with Gasteiger partial charge in [-0.15, -0.1) is 0 Å². The van der Waals surface area contributed by atoms with Crippen LogP contribution in [0.3, 0.4) is 0 Å². The molecule has 1 aromatic heterocycles. The number of nitrogens with zero attached hydrogens (tertiary/aromatic N) is 3. The Bertz CT molecular complexity index is 535. The molecule has 1 fully saturated rings. The van der Waals surface area contributed by atoms with Crippen molar-refractivity contribution in [3.8, 4) is 0 Å². The van der Waals surface area contributed by atoms with Gasteiger partial charge >= 0.3 is 0 Å². The second-order valence-electron chi connectivity index (χ2n) is 6.51. The quantitative estimate of drug-likeness (QED) is 0.899. The van der Waals surface area contributed by atoms with Crippen LogP contribution in [-0.4, -0.2) is 40.4 Å². The number of anilines is 1. The van der Waals surface area contributed by atoms with Gasteiger partial charge in [0.05, 0.1) is 11.9 Å². The van der Waals surface area contributed by atoms with Gasteiger partial charge in [0.2, 0.25) is 0 Å². The van der Waals surface area contributed by atoms with E-state index in [0.29, 0.717) is 4.47 Å². The van der Waals surface area contributed by atoms with E-state index >= 15 is 0 Å². The largest absolute Gasteiger partial charge is 0.379 e. The summed E-state index contributed by atoms with van der Waals surface area (Å²) < 4.78 is 1.88. The third-order valence-electron chi connectivity index (χ3n) is 3.96. The van der Waals surface area contributed by atoms with Crippen LogP contribution < -0.4 is 10.9 Å². The first-order valence-corrected chi connectivity index (χ1v) is 8.36. The van der Waals surface area contributed by atoms with Gasteiger partial charge in [-0.3, -0.25) is 4.79 Å². The van der Waals surface area contributed by atoms with E-state index in [2.05, 4.69) is 52.0 Å². The zero-order valence-corrected chi connectivity index (χ0v) is 14.9. The second-order valence-corrected chi connectivity index (χ2v) is 7.30. The minimum Gasteiger partial charge on any atom is -0.379 e. The van der Waals surface area contributed by atoms with E-state index in [9.17, 15) is 4.79 Å². The number of hydrogen-bond donors (Lipinski definition) is 1. The van der Waals surface area contributed by atoms with Crippen molar-refractivity contribution in [2.45, 2.75) is 33.2 Å². The van der Waals surface area contributed by atoms with Gasteiger partial charge in [0.25, 0.3) is 5.56 Å². The lowest BCUT2D eigenvalue weighted by atomic mass is 9.92. The van der Waals surface area contributed by atoms with Gasteiger partial charge in [-0.1, -0.05) is 13.8 Å². The van der Waals surface area contributed by atoms with Crippen LogP contribution in [0.15, 0.2) is 15.5 Å². The smallest absolute Gasteiger partial charge is 0.282 e. The Morgan fingerprint density at radius 2 is 2.05 bits per heavy atom. The van der Waals surface area contributed by atoms with Crippen LogP contribution in [0.2, 0.25) is 0 Å². The lowest BCUT2D eigenvalue weighted by molar-refractivity contribution is 0.138. The second kappa shape index (κ2) is 6.92. The summed E-state index contributed by atoms with van der Waals surface area (Å²) in [5, 5.41) is 7.45. The fourth-order valence-electron chi connectivity index (χ4n) is 3.25. The molecule has 2 heterocycles. The highest BCUT2D eigenvalue weighted by atomic mass is 79.9. The van der Waals surface area contributed by atoms with Crippen molar-refractivity contribution < 1.29 is 0 Å². The fraction of sp³-hybridized carbons (Fsp3) is 0.733. The van der Waals surface area contributed by atoms with Crippen molar-refractivity contribution in [2.24, 2.45) is 18.9 Å². The maximum absolute atomic E-state index is 11.8. The highest BCUT2D eigenvalue weighted by Crippen LogP contribution is 2.22. The average Bonchev–Trinajstić information content (AvgIpc) is 2.38. The maximum Gasteiger partial charge on any atom is 0.282 e. The van der Waals surface area contributed by atoms with E-state index in [1.54, 1.807) is 13.2 Å². The SMILES string of the molecule is CC1CC(C)CN(CC(C)Nc2cnn(C)c(=O)c2Br)C1. The summed E-state index contributed by atoms with van der Waals surface area (Å²) in [7, 11) is 1.65. The zero-order chi connectivity index (χ0) is 15.6. The molecular formula is C15H25BrN4O. The van der Waals surface area contributed by atoms with Crippen molar-refractivity contribution in [1.82, 2.24) is 14.7 Å². The summed E-state index contributed by atoms with van der Waals surface area (Å²) in [5.41, 5.74) is 0.649. The molecular weight excluding hydrogens is 332 g/mol. The number of aryl methyl sites for hydroxylation is 1. The molecule has 0 aliphatic carbocycles. The number of likely N-dealkylation sites (tertiary alicyclic amines) is 1. The third-order valence-corrected chi connectivity index (χ3v) is 4.72. The van der Waals surface area contributed by atoms with Crippen LogP contribution in [0.5, 0.6) is 0 Å². The Labute approximate surface area is 134 Å². The van der Waals surface area contributed by atoms with Gasteiger partial charge in [0.1, 0.15) is 4.47 Å². The van der Waals surface area contributed by atoms with Crippen molar-refractivity contribution in [3.63, 3.8) is 0 Å². The van der Waals surface area contributed by atoms with Crippen molar-refractivity contribution >= 4 is 21.6 Å². The van der Waals surface area contributed by atoms with E-state index in [0.717, 1.165) is 37.2 Å². The Hall–Kier alpha value is -0.880. The van der Waals surface area contributed by atoms with Crippen molar-refractivity contribution in [1.29, 1.82) is 0 Å². The summed E-state index contributed by atoms with van der Waals surface area (Å²) in [5.74, 6) is 1.52. The predicted octanol–water partition coefficient (Wildman–Crippen LogP) is 2.32. The van der Waals surface area contributed by atoms with E-state index in [1.165, 1.54) is 11.1 Å². The highest BCUT2D eigenvalue weighted by Gasteiger charge is 2.23. The number of aromatic nitrogens is 2. The molecule has 0 amide bonds. The van der Waals surface area contributed by atoms with Gasteiger partial charge in [0, 0.05) is 32.7 Å². The molecule has 5 nitrogen and oxygen atoms in total. The summed E-state index contributed by atoms with van der Waals surface area (Å²) in [4.78, 5) is 14.4. The molecule has 1 aliphatic heterocycles. The Balaban J connectivity index is 1.97. The number of piperidine rings is 1. The van der Waals surface area contributed by atoms with Crippen LogP contribution >= 0.6 is 15.9 Å². The van der Waals surface area contributed by atoms with Crippen LogP contribution in [-0.2, 0) is 7.05 Å². The predicted molar refractivity (Wildman–Crippen MR) is 89.6 cm³/mol. The van der Waals surface area contributed by atoms with Crippen LogP contribution in [0.25, 0.3) is 0 Å². The van der Waals surface area contributed by atoms with E-state index in [4.69, 9.17) is 0 Å². The van der Waals surface area contributed by atoms with Crippen molar-refractivity contribution in [3.05, 3.63) is 21.0 Å². The normalized spacial score (nSPS) is 24.8. The van der Waals surface area contributed by atoms with Crippen molar-refractivity contribution in [2.75, 3.05) is 25.0 Å². The van der Waals surface area contributed by atoms with E-state index in [-0.39, 0.29) is 11.6 Å². The van der Waals surface area contributed by atoms with E-state index < -0.39 is 0 Å². The highest BCUT2D eigenvalue weighted by molar-refractivity contribution is 9.10. The summed E-state index contributed by atoms with van der Waals surface area (Å²) >= 11 is 3.35. The molecule has 1 aromatic rings. The first-order chi connectivity index (χ1) is 9.86. The fourth-order valence-corrected chi connectivity index (χ4v) is 3.72. The molecule has 21 heavy (non-hydrogen) atoms. The standard InChI is InChI=1S/C15H25BrN4O/c1-10-5-11(2)8-20(7-10)9-12(3)18-13-6-17-19(4)15(21)14(13)16/h6,10-12,18H,5,7-9H2,1-4H3. The third kappa shape index (κ3) is 4.30. The molecule has 3 unspecified atom stereocenters. The molecule has 3 atom stereocenters. The Morgan fingerprint density at radius 3 is 2.67 bits per heavy atom. The first kappa shape index (κ1) is 16.5. The monoisotopic (exact) mass is 356 g/mol. The van der Waals surface area contributed by atoms with Gasteiger partial charge < -0.3 is 10.2 Å². The molecule has 0 aromatic carbocycles. The lowest BCUT2D eigenvalue weighted by Gasteiger charge is -2.36. The number of nitrogens with one attached hydrogen (secondary N) is 1. The molecule has 0 saturated carbocycles. The molecule has 0 spiro atoms. The summed E-state index contributed by atoms with van der Waals surface area (Å²) in [6, 6.07) is 0.271. The topological polar surface area (TPSA) is 50.2 Å². The number of hydrogen-bond acceptors (Lipinski definition) is 4. The molecule has 1 saturated heterocycles. The lowest BCUT2D eigenvalue weighted by Crippen LogP contribution is -2.43. The molecule has 0 bridgehead atoms. The van der Waals surface area contributed by atoms with E-state index in [1.807, 2.05) is 0 Å². The van der Waals surface area contributed by atoms with Gasteiger partial charge in [-0.25, -0.2) is 4.68 Å². The number of halogens is 1.